The summed E-state index contributed by atoms with van der Waals surface area (Å²) in [6, 6.07) is 8.47. The van der Waals surface area contributed by atoms with Crippen molar-refractivity contribution in [1.82, 2.24) is 24.8 Å². The first-order chi connectivity index (χ1) is 24.1. The Morgan fingerprint density at radius 1 is 1.18 bits per heavy atom. The standard InChI is InChI=1S/C37H34F3N7O3/c1-4-24-27(39)9-8-21-13-23(48)14-26(28(21)24)31-30(40)32-29-34(45-36(44-32)49-18-37-10-6-12-46(37)17-22(38)15-37)47(16-19(2)50-35(29)43-31)20(3)25-7-5-11-42-33(25)41/h1,5,7-9,11,13-14,19-20,22,48H,6,10,12,15-18H2,2-3H3,(H2,41,42)/t19-,20-,22+,37-/m0/s1. The second kappa shape index (κ2) is 11.9. The minimum atomic E-state index is -0.968. The zero-order chi connectivity index (χ0) is 34.9. The molecule has 0 amide bonds. The van der Waals surface area contributed by atoms with Crippen LogP contribution in [0.15, 0.2) is 42.6 Å². The molecule has 0 aliphatic carbocycles. The number of nitrogens with zero attached hydrogens (tertiary/aromatic N) is 6. The van der Waals surface area contributed by atoms with E-state index in [1.807, 2.05) is 24.8 Å². The molecule has 0 unspecified atom stereocenters. The fourth-order valence-corrected chi connectivity index (χ4v) is 7.92. The molecular formula is C37H34F3N7O3. The molecule has 8 rings (SSSR count). The van der Waals surface area contributed by atoms with E-state index in [1.54, 1.807) is 12.3 Å². The van der Waals surface area contributed by atoms with Crippen molar-refractivity contribution in [2.45, 2.75) is 57.0 Å². The van der Waals surface area contributed by atoms with Crippen LogP contribution in [0, 0.1) is 24.0 Å². The molecule has 0 spiro atoms. The summed E-state index contributed by atoms with van der Waals surface area (Å²) in [6.45, 7) is 5.29. The molecule has 6 heterocycles. The number of phenolic OH excluding ortho intramolecular Hbond substituents is 1. The summed E-state index contributed by atoms with van der Waals surface area (Å²) in [5.41, 5.74) is 6.04. The van der Waals surface area contributed by atoms with E-state index < -0.39 is 35.5 Å². The van der Waals surface area contributed by atoms with Crippen LogP contribution in [-0.4, -0.2) is 74.0 Å². The summed E-state index contributed by atoms with van der Waals surface area (Å²) in [7, 11) is 0. The van der Waals surface area contributed by atoms with Crippen LogP contribution in [0.5, 0.6) is 17.6 Å². The van der Waals surface area contributed by atoms with Crippen molar-refractivity contribution in [1.29, 1.82) is 0 Å². The summed E-state index contributed by atoms with van der Waals surface area (Å²) in [6.07, 6.45) is 7.87. The number of terminal acetylenes is 1. The van der Waals surface area contributed by atoms with Crippen LogP contribution < -0.4 is 20.1 Å². The third kappa shape index (κ3) is 5.08. The lowest BCUT2D eigenvalue weighted by atomic mass is 9.95. The maximum Gasteiger partial charge on any atom is 0.319 e. The van der Waals surface area contributed by atoms with E-state index in [-0.39, 0.29) is 63.9 Å². The fraction of sp³-hybridized carbons (Fsp3) is 0.351. The molecule has 2 fully saturated rings. The number of rotatable bonds is 6. The van der Waals surface area contributed by atoms with E-state index in [1.165, 1.54) is 24.3 Å². The molecule has 50 heavy (non-hydrogen) atoms. The van der Waals surface area contributed by atoms with Gasteiger partial charge in [0, 0.05) is 35.7 Å². The fourth-order valence-electron chi connectivity index (χ4n) is 7.92. The molecule has 0 radical (unpaired) electrons. The van der Waals surface area contributed by atoms with Crippen LogP contribution in [0.2, 0.25) is 0 Å². The van der Waals surface area contributed by atoms with Crippen LogP contribution in [0.3, 0.4) is 0 Å². The van der Waals surface area contributed by atoms with Gasteiger partial charge in [0.2, 0.25) is 5.88 Å². The van der Waals surface area contributed by atoms with E-state index >= 15 is 8.78 Å². The average molecular weight is 682 g/mol. The van der Waals surface area contributed by atoms with Gasteiger partial charge in [0.1, 0.15) is 58.7 Å². The number of ether oxygens (including phenoxy) is 2. The van der Waals surface area contributed by atoms with Gasteiger partial charge in [0.25, 0.3) is 0 Å². The molecule has 5 aromatic rings. The monoisotopic (exact) mass is 681 g/mol. The SMILES string of the molecule is C#Cc1c(F)ccc2cc(O)cc(-c3nc4c5c(nc(OC[C@@]67CCCN6C[C@H](F)C7)nc5c3F)N([C@@H](C)c3cccnc3N)C[C@H](C)O4)c12. The highest BCUT2D eigenvalue weighted by Crippen LogP contribution is 2.46. The molecule has 13 heteroatoms. The number of hydrogen-bond donors (Lipinski definition) is 2. The Kier molecular flexibility index (Phi) is 7.60. The first kappa shape index (κ1) is 31.9. The third-order valence-corrected chi connectivity index (χ3v) is 10.2. The summed E-state index contributed by atoms with van der Waals surface area (Å²) < 4.78 is 59.5. The highest BCUT2D eigenvalue weighted by atomic mass is 19.1. The lowest BCUT2D eigenvalue weighted by Crippen LogP contribution is -2.43. The molecule has 3 aromatic heterocycles. The number of aromatic nitrogens is 4. The van der Waals surface area contributed by atoms with Crippen molar-refractivity contribution < 1.29 is 27.8 Å². The van der Waals surface area contributed by atoms with Crippen LogP contribution >= 0.6 is 0 Å². The van der Waals surface area contributed by atoms with Gasteiger partial charge in [-0.1, -0.05) is 18.1 Å². The quantitative estimate of drug-likeness (QED) is 0.204. The van der Waals surface area contributed by atoms with Crippen LogP contribution in [0.4, 0.5) is 24.8 Å². The van der Waals surface area contributed by atoms with Gasteiger partial charge in [0.05, 0.1) is 23.7 Å². The lowest BCUT2D eigenvalue weighted by molar-refractivity contribution is 0.107. The summed E-state index contributed by atoms with van der Waals surface area (Å²) in [4.78, 5) is 22.4. The van der Waals surface area contributed by atoms with Crippen molar-refractivity contribution in [3.8, 4) is 41.2 Å². The molecule has 3 aliphatic heterocycles. The van der Waals surface area contributed by atoms with Gasteiger partial charge in [-0.05, 0) is 62.9 Å². The predicted octanol–water partition coefficient (Wildman–Crippen LogP) is 6.09. The highest BCUT2D eigenvalue weighted by Gasteiger charge is 2.49. The molecule has 3 N–H and O–H groups in total. The van der Waals surface area contributed by atoms with Crippen molar-refractivity contribution in [2.24, 2.45) is 0 Å². The lowest BCUT2D eigenvalue weighted by Gasteiger charge is -2.32. The maximum atomic E-state index is 17.2. The number of anilines is 2. The highest BCUT2D eigenvalue weighted by molar-refractivity contribution is 6.04. The number of halogens is 3. The Bertz CT molecular complexity index is 2230. The minimum Gasteiger partial charge on any atom is -0.508 e. The number of aromatic hydroxyl groups is 1. The Morgan fingerprint density at radius 2 is 2.02 bits per heavy atom. The first-order valence-electron chi connectivity index (χ1n) is 16.6. The Labute approximate surface area is 286 Å². The number of nitrogens with two attached hydrogens (primary N) is 1. The third-order valence-electron chi connectivity index (χ3n) is 10.2. The smallest absolute Gasteiger partial charge is 0.319 e. The molecule has 0 bridgehead atoms. The topological polar surface area (TPSA) is 123 Å². The van der Waals surface area contributed by atoms with Gasteiger partial charge >= 0.3 is 6.01 Å². The summed E-state index contributed by atoms with van der Waals surface area (Å²) in [5.74, 6) is 1.26. The summed E-state index contributed by atoms with van der Waals surface area (Å²) in [5, 5.41) is 11.5. The minimum absolute atomic E-state index is 0.0334. The van der Waals surface area contributed by atoms with E-state index in [9.17, 15) is 9.50 Å². The second-order valence-electron chi connectivity index (χ2n) is 13.4. The van der Waals surface area contributed by atoms with Gasteiger partial charge in [-0.25, -0.2) is 23.1 Å². The first-order valence-corrected chi connectivity index (χ1v) is 16.6. The van der Waals surface area contributed by atoms with Crippen molar-refractivity contribution >= 4 is 33.3 Å². The van der Waals surface area contributed by atoms with Crippen LogP contribution in [-0.2, 0) is 0 Å². The van der Waals surface area contributed by atoms with Crippen molar-refractivity contribution in [2.75, 3.05) is 36.9 Å². The van der Waals surface area contributed by atoms with Gasteiger partial charge in [0.15, 0.2) is 5.82 Å². The van der Waals surface area contributed by atoms with E-state index in [0.29, 0.717) is 30.0 Å². The van der Waals surface area contributed by atoms with E-state index in [2.05, 4.69) is 25.8 Å². The molecule has 2 saturated heterocycles. The Morgan fingerprint density at radius 3 is 2.82 bits per heavy atom. The number of phenols is 1. The summed E-state index contributed by atoms with van der Waals surface area (Å²) >= 11 is 0. The number of pyridine rings is 2. The maximum absolute atomic E-state index is 17.2. The van der Waals surface area contributed by atoms with Crippen LogP contribution in [0.1, 0.15) is 50.3 Å². The molecule has 256 valence electrons. The van der Waals surface area contributed by atoms with Crippen molar-refractivity contribution in [3.05, 3.63) is 65.4 Å². The molecule has 2 aromatic carbocycles. The van der Waals surface area contributed by atoms with E-state index in [0.717, 1.165) is 24.9 Å². The molecular weight excluding hydrogens is 647 g/mol. The Hall–Kier alpha value is -5.35. The molecule has 3 aliphatic rings. The normalized spacial score (nSPS) is 22.3. The number of alkyl halides is 1. The predicted molar refractivity (Wildman–Crippen MR) is 183 cm³/mol. The zero-order valence-electron chi connectivity index (χ0n) is 27.5. The van der Waals surface area contributed by atoms with E-state index in [4.69, 9.17) is 26.6 Å². The number of hydrogen-bond acceptors (Lipinski definition) is 10. The second-order valence-corrected chi connectivity index (χ2v) is 13.4. The van der Waals surface area contributed by atoms with Crippen LogP contribution in [0.25, 0.3) is 32.9 Å². The largest absolute Gasteiger partial charge is 0.508 e. The van der Waals surface area contributed by atoms with Gasteiger partial charge in [-0.3, -0.25) is 4.90 Å². The number of benzene rings is 2. The van der Waals surface area contributed by atoms with Gasteiger partial charge in [-0.15, -0.1) is 6.42 Å². The molecule has 0 saturated carbocycles. The molecule has 10 nitrogen and oxygen atoms in total. The Balaban J connectivity index is 1.36. The van der Waals surface area contributed by atoms with Gasteiger partial charge < -0.3 is 25.2 Å². The number of nitrogen functional groups attached to an aromatic ring is 1. The van der Waals surface area contributed by atoms with Gasteiger partial charge in [-0.2, -0.15) is 9.97 Å². The van der Waals surface area contributed by atoms with Crippen molar-refractivity contribution in [3.63, 3.8) is 0 Å². The number of fused-ring (bicyclic) bond motifs is 2. The average Bonchev–Trinajstić information content (AvgIpc) is 3.57. The zero-order valence-corrected chi connectivity index (χ0v) is 27.5. The molecule has 4 atom stereocenters.